The Labute approximate surface area is 169 Å². The molecule has 0 saturated heterocycles. The summed E-state index contributed by atoms with van der Waals surface area (Å²) in [6, 6.07) is 16.9. The van der Waals surface area contributed by atoms with Crippen LogP contribution in [0.1, 0.15) is 27.7 Å². The summed E-state index contributed by atoms with van der Waals surface area (Å²) in [4.78, 5) is 0.976. The maximum Gasteiger partial charge on any atom is 0.213 e. The minimum atomic E-state index is -3.65. The molecule has 2 N–H and O–H groups in total. The van der Waals surface area contributed by atoms with Crippen LogP contribution in [0, 0.1) is 11.3 Å². The topological polar surface area (TPSA) is 93.2 Å². The summed E-state index contributed by atoms with van der Waals surface area (Å²) < 4.78 is 30.3. The summed E-state index contributed by atoms with van der Waals surface area (Å²) in [5.41, 5.74) is 3.50. The normalized spacial score (nSPS) is 15.4. The summed E-state index contributed by atoms with van der Waals surface area (Å²) in [5, 5.41) is 14.7. The third-order valence-corrected chi connectivity index (χ3v) is 6.68. The molecule has 0 amide bonds. The van der Waals surface area contributed by atoms with Crippen molar-refractivity contribution in [2.75, 3.05) is 0 Å². The van der Waals surface area contributed by atoms with Gasteiger partial charge in [0.05, 0.1) is 26.0 Å². The molecule has 1 aliphatic heterocycles. The van der Waals surface area contributed by atoms with Crippen LogP contribution in [-0.4, -0.2) is 8.42 Å². The summed E-state index contributed by atoms with van der Waals surface area (Å²) in [7, 11) is -3.65. The number of rotatable bonds is 3. The lowest BCUT2D eigenvalue weighted by Gasteiger charge is -2.29. The Hall–Kier alpha value is -2.18. The first-order chi connectivity index (χ1) is 12.9. The van der Waals surface area contributed by atoms with Gasteiger partial charge in [0, 0.05) is 11.1 Å². The molecule has 1 aliphatic rings. The molecule has 0 radical (unpaired) electrons. The van der Waals surface area contributed by atoms with Crippen LogP contribution in [0.2, 0.25) is 0 Å². The molecule has 1 aromatic heterocycles. The van der Waals surface area contributed by atoms with E-state index >= 15 is 0 Å². The van der Waals surface area contributed by atoms with Crippen LogP contribution < -0.4 is 9.88 Å². The van der Waals surface area contributed by atoms with Crippen molar-refractivity contribution < 1.29 is 13.2 Å². The number of hydrogen-bond acceptors (Lipinski definition) is 5. The van der Waals surface area contributed by atoms with Crippen LogP contribution in [0.15, 0.2) is 52.3 Å². The molecule has 0 spiro atoms. The van der Waals surface area contributed by atoms with Gasteiger partial charge in [-0.25, -0.2) is 13.6 Å². The average Bonchev–Trinajstić information content (AvgIpc) is 3.05. The molecule has 4 rings (SSSR count). The molecule has 1 unspecified atom stereocenters. The lowest BCUT2D eigenvalue weighted by atomic mass is 9.88. The number of ether oxygens (including phenoxy) is 1. The Morgan fingerprint density at radius 1 is 1.22 bits per heavy atom. The quantitative estimate of drug-likeness (QED) is 0.629. The van der Waals surface area contributed by atoms with Gasteiger partial charge in [-0.15, -0.1) is 11.3 Å². The SMILES string of the molecule is N#Cc1cccc2c1-c1ccc(CS(N)(=O)=O)cc1C(c1ccc(Br)s1)O2. The molecule has 0 saturated carbocycles. The fraction of sp³-hybridized carbons (Fsp3) is 0.105. The van der Waals surface area contributed by atoms with Gasteiger partial charge in [-0.1, -0.05) is 24.3 Å². The monoisotopic (exact) mass is 460 g/mol. The maximum atomic E-state index is 11.5. The zero-order valence-corrected chi connectivity index (χ0v) is 17.1. The van der Waals surface area contributed by atoms with E-state index in [1.165, 1.54) is 0 Å². The molecule has 0 fully saturated rings. The van der Waals surface area contributed by atoms with Crippen molar-refractivity contribution in [3.8, 4) is 22.9 Å². The fourth-order valence-corrected chi connectivity index (χ4v) is 5.37. The van der Waals surface area contributed by atoms with E-state index in [1.807, 2.05) is 24.3 Å². The van der Waals surface area contributed by atoms with Crippen LogP contribution in [0.5, 0.6) is 5.75 Å². The highest BCUT2D eigenvalue weighted by atomic mass is 79.9. The minimum Gasteiger partial charge on any atom is -0.479 e. The Balaban J connectivity index is 1.94. The number of thiophene rings is 1. The first-order valence-corrected chi connectivity index (χ1v) is 11.3. The zero-order valence-electron chi connectivity index (χ0n) is 13.8. The van der Waals surface area contributed by atoms with Gasteiger partial charge in [0.2, 0.25) is 10.0 Å². The van der Waals surface area contributed by atoms with Crippen molar-refractivity contribution >= 4 is 37.3 Å². The van der Waals surface area contributed by atoms with Crippen molar-refractivity contribution in [1.82, 2.24) is 0 Å². The maximum absolute atomic E-state index is 11.5. The number of nitrogens with two attached hydrogens (primary N) is 1. The number of fused-ring (bicyclic) bond motifs is 3. The lowest BCUT2D eigenvalue weighted by Crippen LogP contribution is -2.17. The van der Waals surface area contributed by atoms with Gasteiger partial charge in [0.1, 0.15) is 5.75 Å². The molecule has 8 heteroatoms. The van der Waals surface area contributed by atoms with Gasteiger partial charge >= 0.3 is 0 Å². The second-order valence-corrected chi connectivity index (χ2v) is 10.3. The number of halogens is 1. The van der Waals surface area contributed by atoms with Gasteiger partial charge in [-0.3, -0.25) is 0 Å². The second kappa shape index (κ2) is 6.77. The van der Waals surface area contributed by atoms with Crippen LogP contribution in [0.25, 0.3) is 11.1 Å². The van der Waals surface area contributed by atoms with E-state index in [0.717, 1.165) is 25.4 Å². The molecular formula is C19H13BrN2O3S2. The Morgan fingerprint density at radius 3 is 2.70 bits per heavy atom. The summed E-state index contributed by atoms with van der Waals surface area (Å²) in [6.45, 7) is 0. The van der Waals surface area contributed by atoms with E-state index in [2.05, 4.69) is 22.0 Å². The van der Waals surface area contributed by atoms with Crippen LogP contribution in [0.4, 0.5) is 0 Å². The van der Waals surface area contributed by atoms with Gasteiger partial charge in [-0.05, 0) is 51.3 Å². The van der Waals surface area contributed by atoms with Crippen molar-refractivity contribution in [2.45, 2.75) is 11.9 Å². The average molecular weight is 461 g/mol. The Morgan fingerprint density at radius 2 is 2.04 bits per heavy atom. The number of primary sulfonamides is 1. The zero-order chi connectivity index (χ0) is 19.2. The lowest BCUT2D eigenvalue weighted by molar-refractivity contribution is 0.247. The van der Waals surface area contributed by atoms with Crippen LogP contribution >= 0.6 is 27.3 Å². The predicted octanol–water partition coefficient (Wildman–Crippen LogP) is 4.32. The first-order valence-electron chi connectivity index (χ1n) is 7.94. The Bertz CT molecular complexity index is 1200. The van der Waals surface area contributed by atoms with Crippen molar-refractivity contribution in [3.63, 3.8) is 0 Å². The summed E-state index contributed by atoms with van der Waals surface area (Å²) >= 11 is 5.02. The molecule has 3 aromatic rings. The van der Waals surface area contributed by atoms with Crippen molar-refractivity contribution in [2.24, 2.45) is 5.14 Å². The summed E-state index contributed by atoms with van der Waals surface area (Å²) in [5.74, 6) is 0.378. The number of benzene rings is 2. The molecule has 0 bridgehead atoms. The highest BCUT2D eigenvalue weighted by Crippen LogP contribution is 2.48. The standard InChI is InChI=1S/C19H13BrN2O3S2/c20-17-7-6-16(26-17)19-14-8-11(10-27(22,23)24)4-5-13(14)18-12(9-21)2-1-3-15(18)25-19/h1-8,19H,10H2,(H2,22,23,24). The van der Waals surface area contributed by atoms with E-state index in [-0.39, 0.29) is 5.75 Å². The smallest absolute Gasteiger partial charge is 0.213 e. The van der Waals surface area contributed by atoms with E-state index in [4.69, 9.17) is 9.88 Å². The van der Waals surface area contributed by atoms with Crippen LogP contribution in [0.3, 0.4) is 0 Å². The van der Waals surface area contributed by atoms with Crippen molar-refractivity contribution in [3.05, 3.63) is 73.9 Å². The molecule has 0 aliphatic carbocycles. The van der Waals surface area contributed by atoms with E-state index < -0.39 is 16.1 Å². The highest BCUT2D eigenvalue weighted by Gasteiger charge is 2.30. The molecular weight excluding hydrogens is 448 g/mol. The number of nitrogens with zero attached hydrogens (tertiary/aromatic N) is 1. The van der Waals surface area contributed by atoms with Gasteiger partial charge < -0.3 is 4.74 Å². The molecule has 5 nitrogen and oxygen atoms in total. The van der Waals surface area contributed by atoms with Gasteiger partial charge in [-0.2, -0.15) is 5.26 Å². The largest absolute Gasteiger partial charge is 0.479 e. The van der Waals surface area contributed by atoms with Crippen molar-refractivity contribution in [1.29, 1.82) is 5.26 Å². The third-order valence-electron chi connectivity index (χ3n) is 4.28. The molecule has 27 heavy (non-hydrogen) atoms. The molecule has 2 heterocycles. The highest BCUT2D eigenvalue weighted by molar-refractivity contribution is 9.11. The second-order valence-electron chi connectivity index (χ2n) is 6.16. The number of nitriles is 1. The van der Waals surface area contributed by atoms with Gasteiger partial charge in [0.25, 0.3) is 0 Å². The predicted molar refractivity (Wildman–Crippen MR) is 108 cm³/mol. The van der Waals surface area contributed by atoms with E-state index in [1.54, 1.807) is 35.6 Å². The van der Waals surface area contributed by atoms with Crippen LogP contribution in [-0.2, 0) is 15.8 Å². The molecule has 1 atom stereocenters. The summed E-state index contributed by atoms with van der Waals surface area (Å²) in [6.07, 6.45) is -0.391. The number of hydrogen-bond donors (Lipinski definition) is 1. The Kier molecular flexibility index (Phi) is 4.56. The van der Waals surface area contributed by atoms with E-state index in [9.17, 15) is 13.7 Å². The first kappa shape index (κ1) is 18.2. The molecule has 2 aromatic carbocycles. The van der Waals surface area contributed by atoms with E-state index in [0.29, 0.717) is 16.9 Å². The minimum absolute atomic E-state index is 0.256. The third kappa shape index (κ3) is 3.51. The molecule has 136 valence electrons. The fourth-order valence-electron chi connectivity index (χ4n) is 3.25. The van der Waals surface area contributed by atoms with Gasteiger partial charge in [0.15, 0.2) is 6.10 Å². The number of sulfonamides is 1.